The fraction of sp³-hybridized carbons (Fsp3) is 0.0667. The Morgan fingerprint density at radius 2 is 1.38 bits per heavy atom. The number of rotatable bonds is 5. The topological polar surface area (TPSA) is 43.4 Å². The summed E-state index contributed by atoms with van der Waals surface area (Å²) in [6, 6.07) is 13.3. The Labute approximate surface area is 234 Å². The molecule has 0 amide bonds. The molecule has 0 saturated carbocycles. The third-order valence-electron chi connectivity index (χ3n) is 2.80. The van der Waals surface area contributed by atoms with E-state index < -0.39 is 0 Å². The van der Waals surface area contributed by atoms with Gasteiger partial charge < -0.3 is 4.74 Å². The molecule has 9 heteroatoms. The van der Waals surface area contributed by atoms with Gasteiger partial charge in [-0.25, -0.2) is 0 Å². The van der Waals surface area contributed by atoms with Crippen LogP contribution in [0.25, 0.3) is 12.2 Å². The summed E-state index contributed by atoms with van der Waals surface area (Å²) in [6.45, 7) is 0. The van der Waals surface area contributed by atoms with E-state index in [9.17, 15) is 9.13 Å². The van der Waals surface area contributed by atoms with Crippen molar-refractivity contribution in [3.8, 4) is 5.75 Å². The fourth-order valence-corrected chi connectivity index (χ4v) is 2.98. The van der Waals surface area contributed by atoms with Gasteiger partial charge in [-0.1, -0.05) is 48.6 Å². The van der Waals surface area contributed by atoms with Gasteiger partial charge in [-0.3, -0.25) is 9.13 Å². The van der Waals surface area contributed by atoms with Crippen LogP contribution >= 0.6 is 16.9 Å². The van der Waals surface area contributed by atoms with Crippen molar-refractivity contribution in [2.75, 3.05) is 7.11 Å². The summed E-state index contributed by atoms with van der Waals surface area (Å²) in [7, 11) is 1.11. The quantitative estimate of drug-likeness (QED) is 0.431. The molecule has 0 aromatic heterocycles. The average Bonchev–Trinajstić information content (AvgIpc) is 2.52. The summed E-state index contributed by atoms with van der Waals surface area (Å²) < 4.78 is 27.7. The van der Waals surface area contributed by atoms with Crippen LogP contribution < -0.4 is 15.3 Å². The normalized spacial score (nSPS) is 9.38. The van der Waals surface area contributed by atoms with Gasteiger partial charge in [0, 0.05) is 0 Å². The molecule has 0 spiro atoms. The molecular formula is C15H16Na4O3P2. The molecule has 0 aliphatic heterocycles. The van der Waals surface area contributed by atoms with E-state index in [1.165, 1.54) is 7.11 Å². The molecule has 2 rings (SSSR count). The van der Waals surface area contributed by atoms with Crippen molar-refractivity contribution in [3.63, 3.8) is 0 Å². The van der Waals surface area contributed by atoms with E-state index in [1.54, 1.807) is 12.1 Å². The summed E-state index contributed by atoms with van der Waals surface area (Å²) in [4.78, 5) is 0. The minimum absolute atomic E-state index is 0. The second kappa shape index (κ2) is 17.3. The molecule has 0 bridgehead atoms. The van der Waals surface area contributed by atoms with Gasteiger partial charge in [-0.15, -0.1) is 0 Å². The SMILES string of the molecule is COc1ccc(/C=C\c2ccccc2)c(P=O)c1P=O.[NaH].[NaH].[NaH].[NaH]. The molecular weight excluding hydrogens is 382 g/mol. The van der Waals surface area contributed by atoms with Crippen LogP contribution in [0.3, 0.4) is 0 Å². The Morgan fingerprint density at radius 3 is 1.88 bits per heavy atom. The number of benzene rings is 2. The predicted octanol–water partition coefficient (Wildman–Crippen LogP) is 1.11. The van der Waals surface area contributed by atoms with E-state index in [-0.39, 0.29) is 135 Å². The third kappa shape index (κ3) is 8.91. The van der Waals surface area contributed by atoms with Gasteiger partial charge in [0.2, 0.25) is 0 Å². The fourth-order valence-electron chi connectivity index (χ4n) is 1.81. The Balaban J connectivity index is -0.00000110. The van der Waals surface area contributed by atoms with Crippen LogP contribution in [0.1, 0.15) is 11.1 Å². The molecule has 24 heavy (non-hydrogen) atoms. The van der Waals surface area contributed by atoms with Gasteiger partial charge in [0.1, 0.15) is 11.1 Å². The van der Waals surface area contributed by atoms with Crippen molar-refractivity contribution in [2.24, 2.45) is 0 Å². The van der Waals surface area contributed by atoms with Gasteiger partial charge >= 0.3 is 118 Å². The molecule has 0 atom stereocenters. The molecule has 0 fully saturated rings. The maximum absolute atomic E-state index is 11.4. The van der Waals surface area contributed by atoms with E-state index in [2.05, 4.69) is 0 Å². The third-order valence-corrected chi connectivity index (χ3v) is 4.27. The summed E-state index contributed by atoms with van der Waals surface area (Å²) in [5.41, 5.74) is 1.79. The first-order valence-electron chi connectivity index (χ1n) is 5.91. The number of ether oxygens (including phenoxy) is 1. The Bertz CT molecular complexity index is 667. The Kier molecular flexibility index (Phi) is 22.3. The molecule has 2 aromatic carbocycles. The summed E-state index contributed by atoms with van der Waals surface area (Å²) >= 11 is 0. The van der Waals surface area contributed by atoms with Crippen molar-refractivity contribution in [1.82, 2.24) is 0 Å². The summed E-state index contributed by atoms with van der Waals surface area (Å²) in [5, 5.41) is 0.896. The summed E-state index contributed by atoms with van der Waals surface area (Å²) in [6.07, 6.45) is 3.77. The first-order valence-corrected chi connectivity index (χ1v) is 7.53. The van der Waals surface area contributed by atoms with Crippen LogP contribution in [-0.4, -0.2) is 125 Å². The van der Waals surface area contributed by atoms with E-state index in [0.29, 0.717) is 16.4 Å². The second-order valence-electron chi connectivity index (χ2n) is 3.98. The molecule has 0 saturated heterocycles. The zero-order chi connectivity index (χ0) is 14.4. The molecule has 0 aliphatic rings. The average molecular weight is 398 g/mol. The van der Waals surface area contributed by atoms with Crippen molar-refractivity contribution >= 4 is 158 Å². The number of methoxy groups -OCH3 is 1. The molecule has 0 radical (unpaired) electrons. The van der Waals surface area contributed by atoms with Crippen LogP contribution in [0.2, 0.25) is 0 Å². The van der Waals surface area contributed by atoms with Crippen molar-refractivity contribution in [1.29, 1.82) is 0 Å². The summed E-state index contributed by atoms with van der Waals surface area (Å²) in [5.74, 6) is 0.469. The van der Waals surface area contributed by atoms with Crippen LogP contribution in [0, 0.1) is 0 Å². The standard InChI is InChI=1S/C15H12O3P2.4Na.4H/c1-18-13-10-9-12(14(19-16)15(13)20-17)8-7-11-5-3-2-4-6-11;;;;;;;;/h2-10H,1H3;;;;;;;;/b8-7-;;;;;;;;. The van der Waals surface area contributed by atoms with Gasteiger partial charge in [0.25, 0.3) is 0 Å². The molecule has 2 aromatic rings. The van der Waals surface area contributed by atoms with Crippen LogP contribution in [-0.2, 0) is 9.13 Å². The van der Waals surface area contributed by atoms with Gasteiger partial charge in [-0.05, 0) is 17.2 Å². The van der Waals surface area contributed by atoms with Crippen molar-refractivity contribution in [3.05, 3.63) is 53.6 Å². The monoisotopic (exact) mass is 398 g/mol. The first-order chi connectivity index (χ1) is 9.80. The van der Waals surface area contributed by atoms with E-state index in [0.717, 1.165) is 11.1 Å². The van der Waals surface area contributed by atoms with Crippen LogP contribution in [0.5, 0.6) is 5.75 Å². The first kappa shape index (κ1) is 30.9. The number of hydrogen-bond donors (Lipinski definition) is 0. The molecule has 0 heterocycles. The van der Waals surface area contributed by atoms with E-state index in [4.69, 9.17) is 4.74 Å². The maximum atomic E-state index is 11.4. The van der Waals surface area contributed by atoms with Crippen molar-refractivity contribution in [2.45, 2.75) is 0 Å². The molecule has 0 unspecified atom stereocenters. The Morgan fingerprint density at radius 1 is 0.792 bits per heavy atom. The minimum atomic E-state index is -0.208. The molecule has 0 aliphatic carbocycles. The van der Waals surface area contributed by atoms with Crippen molar-refractivity contribution < 1.29 is 13.9 Å². The van der Waals surface area contributed by atoms with Crippen LogP contribution in [0.15, 0.2) is 42.5 Å². The molecule has 3 nitrogen and oxygen atoms in total. The second-order valence-corrected chi connectivity index (χ2v) is 5.24. The molecule has 0 N–H and O–H groups in total. The zero-order valence-corrected chi connectivity index (χ0v) is 12.6. The van der Waals surface area contributed by atoms with Gasteiger partial charge in [0.05, 0.1) is 12.4 Å². The van der Waals surface area contributed by atoms with Crippen LogP contribution in [0.4, 0.5) is 0 Å². The number of hydrogen-bond acceptors (Lipinski definition) is 3. The molecule has 108 valence electrons. The van der Waals surface area contributed by atoms with Gasteiger partial charge in [-0.2, -0.15) is 0 Å². The van der Waals surface area contributed by atoms with E-state index in [1.807, 2.05) is 42.5 Å². The van der Waals surface area contributed by atoms with E-state index >= 15 is 0 Å². The zero-order valence-electron chi connectivity index (χ0n) is 10.8. The predicted molar refractivity (Wildman–Crippen MR) is 111 cm³/mol. The van der Waals surface area contributed by atoms with Gasteiger partial charge in [0.15, 0.2) is 16.9 Å². The Hall–Kier alpha value is 2.18.